The number of anilines is 1. The van der Waals surface area contributed by atoms with Crippen LogP contribution in [0.15, 0.2) is 27.6 Å². The molecule has 0 aliphatic rings. The van der Waals surface area contributed by atoms with Crippen molar-refractivity contribution in [1.29, 1.82) is 0 Å². The largest absolute Gasteiger partial charge is 0.481 e. The van der Waals surface area contributed by atoms with Crippen molar-refractivity contribution in [3.8, 4) is 0 Å². The molecule has 144 valence electrons. The maximum absolute atomic E-state index is 12.3. The summed E-state index contributed by atoms with van der Waals surface area (Å²) in [6, 6.07) is -0.372. The van der Waals surface area contributed by atoms with Gasteiger partial charge in [-0.15, -0.1) is 23.1 Å². The smallest absolute Gasteiger partial charge is 0.325 e. The van der Waals surface area contributed by atoms with E-state index in [9.17, 15) is 9.59 Å². The molecule has 0 aliphatic carbocycles. The molecule has 1 rings (SSSR count). The number of amides is 2. The van der Waals surface area contributed by atoms with Gasteiger partial charge in [-0.25, -0.2) is 9.78 Å². The molecule has 0 bridgehead atoms. The van der Waals surface area contributed by atoms with Crippen molar-refractivity contribution in [3.63, 3.8) is 0 Å². The van der Waals surface area contributed by atoms with E-state index in [4.69, 9.17) is 5.11 Å². The normalized spacial score (nSPS) is 11.8. The molecule has 0 radical (unpaired) electrons. The van der Waals surface area contributed by atoms with Crippen molar-refractivity contribution < 1.29 is 14.7 Å². The Balaban J connectivity index is 2.84. The predicted octanol–water partition coefficient (Wildman–Crippen LogP) is 4.87. The fourth-order valence-corrected chi connectivity index (χ4v) is 3.83. The molecule has 3 N–H and O–H groups in total. The molecule has 1 heterocycles. The summed E-state index contributed by atoms with van der Waals surface area (Å²) < 4.78 is 0. The standard InChI is InChI=1S/C18H27N3O3S2/c1-6-14(15(7-11(2)3)25-9-12(4)5)20-17(24)21-18-19-13(10-26-18)8-16(22)23/h7,10,12H,6,8-9H2,1-5H3,(H,22,23)(H2,19,20,21,24)/b15-14-. The monoisotopic (exact) mass is 397 g/mol. The SMILES string of the molecule is CC/C(NC(=O)Nc1nc(CC(=O)O)cs1)=C(\C=C(C)C)SCC(C)C. The number of aromatic nitrogens is 1. The first-order valence-electron chi connectivity index (χ1n) is 8.46. The van der Waals surface area contributed by atoms with Gasteiger partial charge >= 0.3 is 12.0 Å². The van der Waals surface area contributed by atoms with Crippen LogP contribution in [0.25, 0.3) is 0 Å². The zero-order valence-corrected chi connectivity index (χ0v) is 17.5. The highest BCUT2D eigenvalue weighted by Crippen LogP contribution is 2.26. The number of carboxylic acids is 1. The number of carbonyl (C=O) groups excluding carboxylic acids is 1. The molecule has 26 heavy (non-hydrogen) atoms. The third-order valence-electron chi connectivity index (χ3n) is 3.01. The van der Waals surface area contributed by atoms with E-state index in [0.29, 0.717) is 23.2 Å². The minimum Gasteiger partial charge on any atom is -0.481 e. The lowest BCUT2D eigenvalue weighted by atomic mass is 10.2. The van der Waals surface area contributed by atoms with E-state index in [1.807, 2.05) is 20.8 Å². The first kappa shape index (κ1) is 22.2. The van der Waals surface area contributed by atoms with Crippen LogP contribution in [-0.2, 0) is 11.2 Å². The first-order chi connectivity index (χ1) is 12.2. The number of nitrogens with zero attached hydrogens (tertiary/aromatic N) is 1. The number of thiazole rings is 1. The van der Waals surface area contributed by atoms with Gasteiger partial charge in [-0.1, -0.05) is 26.3 Å². The Labute approximate surface area is 163 Å². The summed E-state index contributed by atoms with van der Waals surface area (Å²) in [7, 11) is 0. The lowest BCUT2D eigenvalue weighted by Crippen LogP contribution is -2.28. The molecule has 0 saturated carbocycles. The molecule has 0 aliphatic heterocycles. The van der Waals surface area contributed by atoms with Gasteiger partial charge in [0.1, 0.15) is 0 Å². The number of rotatable bonds is 9. The van der Waals surface area contributed by atoms with E-state index in [1.54, 1.807) is 17.1 Å². The lowest BCUT2D eigenvalue weighted by molar-refractivity contribution is -0.136. The third-order valence-corrected chi connectivity index (χ3v) is 5.33. The third kappa shape index (κ3) is 8.53. The summed E-state index contributed by atoms with van der Waals surface area (Å²) in [6.45, 7) is 10.4. The molecule has 2 amide bonds. The van der Waals surface area contributed by atoms with E-state index >= 15 is 0 Å². The molecule has 0 unspecified atom stereocenters. The molecule has 8 heteroatoms. The van der Waals surface area contributed by atoms with Gasteiger partial charge in [-0.05, 0) is 32.3 Å². The Morgan fingerprint density at radius 3 is 2.62 bits per heavy atom. The number of nitrogens with one attached hydrogen (secondary N) is 2. The summed E-state index contributed by atoms with van der Waals surface area (Å²) in [5.41, 5.74) is 2.46. The van der Waals surface area contributed by atoms with E-state index in [0.717, 1.165) is 16.4 Å². The minimum atomic E-state index is -0.948. The van der Waals surface area contributed by atoms with Gasteiger partial charge in [0.05, 0.1) is 12.1 Å². The highest BCUT2D eigenvalue weighted by molar-refractivity contribution is 8.03. The van der Waals surface area contributed by atoms with Crippen LogP contribution < -0.4 is 10.6 Å². The number of thioether (sulfide) groups is 1. The van der Waals surface area contributed by atoms with Crippen LogP contribution in [0.4, 0.5) is 9.93 Å². The summed E-state index contributed by atoms with van der Waals surface area (Å²) in [6.07, 6.45) is 2.62. The van der Waals surface area contributed by atoms with Crippen molar-refractivity contribution in [1.82, 2.24) is 10.3 Å². The zero-order valence-electron chi connectivity index (χ0n) is 15.9. The number of hydrogen-bond donors (Lipinski definition) is 3. The average molecular weight is 398 g/mol. The number of carboxylic acid groups (broad SMARTS) is 1. The minimum absolute atomic E-state index is 0.156. The fourth-order valence-electron chi connectivity index (χ4n) is 1.92. The highest BCUT2D eigenvalue weighted by atomic mass is 32.2. The molecular formula is C18H27N3O3S2. The van der Waals surface area contributed by atoms with E-state index in [2.05, 4.69) is 35.5 Å². The quantitative estimate of drug-likeness (QED) is 0.517. The lowest BCUT2D eigenvalue weighted by Gasteiger charge is -2.14. The number of hydrogen-bond acceptors (Lipinski definition) is 5. The van der Waals surface area contributed by atoms with Crippen molar-refractivity contribution in [2.45, 2.75) is 47.5 Å². The second-order valence-electron chi connectivity index (χ2n) is 6.42. The Morgan fingerprint density at radius 1 is 1.38 bits per heavy atom. The van der Waals surface area contributed by atoms with Crippen molar-refractivity contribution in [2.75, 3.05) is 11.1 Å². The van der Waals surface area contributed by atoms with Gasteiger partial charge < -0.3 is 10.4 Å². The summed E-state index contributed by atoms with van der Waals surface area (Å²) in [5, 5.41) is 16.4. The topological polar surface area (TPSA) is 91.3 Å². The summed E-state index contributed by atoms with van der Waals surface area (Å²) in [5.74, 6) is 0.572. The van der Waals surface area contributed by atoms with Crippen LogP contribution in [0.5, 0.6) is 0 Å². The number of carbonyl (C=O) groups is 2. The van der Waals surface area contributed by atoms with Crippen LogP contribution in [0, 0.1) is 5.92 Å². The molecule has 6 nitrogen and oxygen atoms in total. The summed E-state index contributed by atoms with van der Waals surface area (Å²) in [4.78, 5) is 28.2. The highest BCUT2D eigenvalue weighted by Gasteiger charge is 2.12. The van der Waals surface area contributed by atoms with Gasteiger partial charge in [-0.3, -0.25) is 10.1 Å². The molecule has 1 aromatic rings. The van der Waals surface area contributed by atoms with Gasteiger partial charge in [0.25, 0.3) is 0 Å². The Kier molecular flexibility index (Phi) is 9.43. The Bertz CT molecular complexity index is 690. The van der Waals surface area contributed by atoms with Crippen LogP contribution in [0.2, 0.25) is 0 Å². The first-order valence-corrected chi connectivity index (χ1v) is 10.3. The number of urea groups is 1. The fraction of sp³-hybridized carbons (Fsp3) is 0.500. The van der Waals surface area contributed by atoms with Crippen molar-refractivity contribution in [3.05, 3.63) is 33.3 Å². The van der Waals surface area contributed by atoms with Gasteiger partial charge in [0.15, 0.2) is 5.13 Å². The zero-order chi connectivity index (χ0) is 19.7. The second-order valence-corrected chi connectivity index (χ2v) is 8.34. The van der Waals surface area contributed by atoms with E-state index < -0.39 is 5.97 Å². The molecular weight excluding hydrogens is 370 g/mol. The molecule has 0 spiro atoms. The van der Waals surface area contributed by atoms with Gasteiger partial charge in [0.2, 0.25) is 0 Å². The van der Waals surface area contributed by atoms with E-state index in [-0.39, 0.29) is 12.5 Å². The maximum Gasteiger partial charge on any atom is 0.325 e. The van der Waals surface area contributed by atoms with E-state index in [1.165, 1.54) is 16.9 Å². The maximum atomic E-state index is 12.3. The van der Waals surface area contributed by atoms with Gasteiger partial charge in [0, 0.05) is 21.7 Å². The Morgan fingerprint density at radius 2 is 2.08 bits per heavy atom. The van der Waals surface area contributed by atoms with Crippen LogP contribution in [-0.4, -0.2) is 27.8 Å². The second kappa shape index (κ2) is 11.0. The summed E-state index contributed by atoms with van der Waals surface area (Å²) >= 11 is 2.94. The molecule has 0 aromatic carbocycles. The van der Waals surface area contributed by atoms with Crippen LogP contribution in [0.1, 0.15) is 46.7 Å². The Hall–Kier alpha value is -1.80. The molecule has 1 aromatic heterocycles. The van der Waals surface area contributed by atoms with Crippen molar-refractivity contribution in [2.24, 2.45) is 5.92 Å². The van der Waals surface area contributed by atoms with Crippen LogP contribution >= 0.6 is 23.1 Å². The van der Waals surface area contributed by atoms with Crippen LogP contribution in [0.3, 0.4) is 0 Å². The predicted molar refractivity (Wildman–Crippen MR) is 110 cm³/mol. The molecule has 0 saturated heterocycles. The molecule has 0 fully saturated rings. The van der Waals surface area contributed by atoms with Gasteiger partial charge in [-0.2, -0.15) is 0 Å². The van der Waals surface area contributed by atoms with Crippen molar-refractivity contribution >= 4 is 40.2 Å². The molecule has 0 atom stereocenters. The average Bonchev–Trinajstić information content (AvgIpc) is 2.94. The number of allylic oxidation sites excluding steroid dienone is 3. The number of aliphatic carboxylic acids is 1.